The zero-order valence-electron chi connectivity index (χ0n) is 46.1. The molecule has 1 aromatic heterocycles. The van der Waals surface area contributed by atoms with Gasteiger partial charge in [-0.05, 0) is 82.3 Å². The first-order valence-electron chi connectivity index (χ1n) is 26.1. The van der Waals surface area contributed by atoms with Gasteiger partial charge in [-0.3, -0.25) is 24.2 Å². The molecule has 27 heteroatoms. The summed E-state index contributed by atoms with van der Waals surface area (Å²) in [6.45, 7) is 9.07. The van der Waals surface area contributed by atoms with Gasteiger partial charge in [0.05, 0.1) is 63.6 Å². The van der Waals surface area contributed by atoms with Crippen LogP contribution in [-0.2, 0) is 28.6 Å². The van der Waals surface area contributed by atoms with E-state index in [-0.39, 0.29) is 112 Å². The molecule has 81 heavy (non-hydrogen) atoms. The van der Waals surface area contributed by atoms with Gasteiger partial charge >= 0.3 is 6.09 Å². The van der Waals surface area contributed by atoms with E-state index in [9.17, 15) is 28.4 Å². The second-order valence-electron chi connectivity index (χ2n) is 19.3. The number of aliphatic imine (C=N–C) groups is 1. The molecule has 0 bridgehead atoms. The fourth-order valence-electron chi connectivity index (χ4n) is 7.75. The molecule has 0 spiro atoms. The number of fused-ring (bicyclic) bond motifs is 1. The Labute approximate surface area is 477 Å². The first-order chi connectivity index (χ1) is 38.8. The number of amides is 5. The summed E-state index contributed by atoms with van der Waals surface area (Å²) in [4.78, 5) is 77.8. The van der Waals surface area contributed by atoms with Crippen LogP contribution in [0, 0.1) is 11.7 Å². The highest BCUT2D eigenvalue weighted by Gasteiger charge is 2.29. The average Bonchev–Trinajstić information content (AvgIpc) is 3.43. The van der Waals surface area contributed by atoms with Gasteiger partial charge in [0.25, 0.3) is 5.91 Å². The number of alkyl carbamates (subject to hydrolysis) is 1. The van der Waals surface area contributed by atoms with E-state index < -0.39 is 41.3 Å². The van der Waals surface area contributed by atoms with Gasteiger partial charge in [-0.15, -0.1) is 0 Å². The lowest BCUT2D eigenvalue weighted by Gasteiger charge is -2.34. The van der Waals surface area contributed by atoms with Gasteiger partial charge < -0.3 is 82.0 Å². The van der Waals surface area contributed by atoms with E-state index in [1.165, 1.54) is 50.1 Å². The molecule has 11 N–H and O–H groups in total. The Hall–Kier alpha value is -8.04. The molecule has 25 nitrogen and oxygen atoms in total. The molecule has 0 radical (unpaired) electrons. The zero-order valence-corrected chi connectivity index (χ0v) is 47.7. The summed E-state index contributed by atoms with van der Waals surface area (Å²) in [5.41, 5.74) is 11.9. The molecule has 0 saturated carbocycles. The number of carbonyl (C=O) groups excluding carboxylic acids is 5. The van der Waals surface area contributed by atoms with E-state index in [1.807, 2.05) is 6.92 Å². The van der Waals surface area contributed by atoms with Crippen LogP contribution in [0.1, 0.15) is 63.7 Å². The highest BCUT2D eigenvalue weighted by atomic mass is 79.9. The Morgan fingerprint density at radius 3 is 2.26 bits per heavy atom. The number of nitrogens with one attached hydrogen (secondary N) is 5. The molecular formula is C54H73BrFN13O12. The molecule has 2 heterocycles. The summed E-state index contributed by atoms with van der Waals surface area (Å²) in [7, 11) is 1.53. The third-order valence-electron chi connectivity index (χ3n) is 11.7. The van der Waals surface area contributed by atoms with Crippen molar-refractivity contribution in [2.75, 3.05) is 97.9 Å². The molecule has 440 valence electrons. The van der Waals surface area contributed by atoms with Crippen molar-refractivity contribution in [2.45, 2.75) is 65.0 Å². The van der Waals surface area contributed by atoms with E-state index in [2.05, 4.69) is 62.6 Å². The number of halogens is 2. The second kappa shape index (κ2) is 32.9. The molecular weight excluding hydrogens is 1120 g/mol. The second-order valence-corrected chi connectivity index (χ2v) is 20.2. The summed E-state index contributed by atoms with van der Waals surface area (Å²) < 4.78 is 55.2. The molecule has 5 amide bonds. The maximum atomic E-state index is 14.6. The van der Waals surface area contributed by atoms with Crippen molar-refractivity contribution in [3.63, 3.8) is 0 Å². The van der Waals surface area contributed by atoms with Gasteiger partial charge in [0.1, 0.15) is 66.6 Å². The van der Waals surface area contributed by atoms with Crippen LogP contribution in [0.3, 0.4) is 0 Å². The number of carbonyl (C=O) groups is 5. The summed E-state index contributed by atoms with van der Waals surface area (Å²) >= 11 is 3.27. The van der Waals surface area contributed by atoms with E-state index in [4.69, 9.17) is 50.5 Å². The normalized spacial score (nSPS) is 13.5. The lowest BCUT2D eigenvalue weighted by atomic mass is 9.97. The van der Waals surface area contributed by atoms with Crippen molar-refractivity contribution in [1.29, 1.82) is 0 Å². The Balaban J connectivity index is 1.08. The minimum Gasteiger partial charge on any atom is -0.493 e. The Morgan fingerprint density at radius 2 is 1.60 bits per heavy atom. The van der Waals surface area contributed by atoms with Gasteiger partial charge in [0.2, 0.25) is 17.7 Å². The van der Waals surface area contributed by atoms with Crippen LogP contribution in [0.5, 0.6) is 23.0 Å². The van der Waals surface area contributed by atoms with Gasteiger partial charge in [0.15, 0.2) is 11.5 Å². The highest BCUT2D eigenvalue weighted by molar-refractivity contribution is 9.10. The van der Waals surface area contributed by atoms with E-state index in [0.29, 0.717) is 78.1 Å². The maximum absolute atomic E-state index is 14.6. The summed E-state index contributed by atoms with van der Waals surface area (Å²) in [5.74, 6) is 5.34. The monoisotopic (exact) mass is 1190 g/mol. The van der Waals surface area contributed by atoms with E-state index in [0.717, 1.165) is 0 Å². The smallest absolute Gasteiger partial charge is 0.407 e. The largest absolute Gasteiger partial charge is 0.493 e. The number of hydrogen-bond acceptors (Lipinski definition) is 20. The first kappa shape index (κ1) is 63.8. The van der Waals surface area contributed by atoms with Crippen LogP contribution < -0.4 is 62.8 Å². The van der Waals surface area contributed by atoms with Crippen molar-refractivity contribution in [2.24, 2.45) is 33.3 Å². The fraction of sp³-hybridized carbons (Fsp3) is 0.463. The quantitative estimate of drug-likeness (QED) is 0.0147. The van der Waals surface area contributed by atoms with Gasteiger partial charge in [-0.2, -0.15) is 5.10 Å². The summed E-state index contributed by atoms with van der Waals surface area (Å²) in [5, 5.41) is 18.3. The van der Waals surface area contributed by atoms with Crippen molar-refractivity contribution in [1.82, 2.24) is 36.1 Å². The number of aromatic nitrogens is 2. The number of nitrogens with two attached hydrogens (primary N) is 3. The molecule has 0 aliphatic carbocycles. The lowest BCUT2D eigenvalue weighted by molar-refractivity contribution is -0.137. The van der Waals surface area contributed by atoms with Gasteiger partial charge in [-0.1, -0.05) is 29.3 Å². The SMILES string of the molecule is CCCC(NC(=O)CN=CC(COc1cc(OC/C(N)=C/NCC(N)=O)cc(C(=O)NCCOCCOCCNC(=O)OC(C)(C)C)c1)=NN)C(=O)N1CCC(COc2cc3ncnc(Nc4ccc(Br)cc4F)c3cc2OC)CC1. The number of hydrazone groups is 1. The van der Waals surface area contributed by atoms with Gasteiger partial charge in [0, 0.05) is 66.1 Å². The maximum Gasteiger partial charge on any atom is 0.407 e. The number of nitrogens with zero attached hydrogens (tertiary/aromatic N) is 5. The standard InChI is InChI=1S/C54H73BrFN13O12/c1-6-7-44(52(73)69-14-10-34(11-15-69)30-80-47-25-45-41(24-46(47)75-5)50(65-33-64-45)67-43-9-8-36(55)22-42(43)56)66-49(71)29-61-27-38(68-59)32-79-40-21-35(20-39(23-40)78-31-37(57)26-60-28-48(58)70)51(72)62-12-16-76-18-19-77-17-13-63-53(74)81-54(2,3)4/h8-9,20-27,33-34,44,60H,6-7,10-19,28-32,57,59H2,1-5H3,(H2,58,70)(H,62,72)(H,63,74)(H,66,71)(H,64,65,67)/b37-26-,61-27?,68-38?. The van der Waals surface area contributed by atoms with Gasteiger partial charge in [-0.25, -0.2) is 19.2 Å². The highest BCUT2D eigenvalue weighted by Crippen LogP contribution is 2.36. The fourth-order valence-corrected chi connectivity index (χ4v) is 8.08. The summed E-state index contributed by atoms with van der Waals surface area (Å²) in [6.07, 6.45) is 5.89. The number of benzene rings is 3. The van der Waals surface area contributed by atoms with Crippen LogP contribution in [0.4, 0.5) is 20.7 Å². The van der Waals surface area contributed by atoms with Crippen molar-refractivity contribution < 1.29 is 61.5 Å². The van der Waals surface area contributed by atoms with Crippen molar-refractivity contribution >= 4 is 80.0 Å². The Kier molecular flexibility index (Phi) is 25.9. The number of piperidine rings is 1. The van der Waals surface area contributed by atoms with Crippen molar-refractivity contribution in [3.05, 3.63) is 82.6 Å². The van der Waals surface area contributed by atoms with Crippen LogP contribution >= 0.6 is 15.9 Å². The zero-order chi connectivity index (χ0) is 58.7. The van der Waals surface area contributed by atoms with Crippen molar-refractivity contribution in [3.8, 4) is 23.0 Å². The number of rotatable bonds is 32. The number of ether oxygens (including phenoxy) is 7. The molecule has 5 rings (SSSR count). The van der Waals surface area contributed by atoms with Crippen LogP contribution in [-0.4, -0.2) is 161 Å². The van der Waals surface area contributed by atoms with E-state index >= 15 is 0 Å². The van der Waals surface area contributed by atoms with Crippen LogP contribution in [0.15, 0.2) is 81.3 Å². The minimum atomic E-state index is -0.766. The molecule has 1 saturated heterocycles. The molecule has 1 atom stereocenters. The predicted octanol–water partition coefficient (Wildman–Crippen LogP) is 4.19. The molecule has 1 aliphatic heterocycles. The number of likely N-dealkylation sites (tertiary alicyclic amines) is 1. The molecule has 3 aromatic carbocycles. The Bertz CT molecular complexity index is 2850. The number of primary amides is 1. The van der Waals surface area contributed by atoms with Crippen LogP contribution in [0.2, 0.25) is 0 Å². The third-order valence-corrected chi connectivity index (χ3v) is 12.2. The van der Waals surface area contributed by atoms with Crippen LogP contribution in [0.25, 0.3) is 10.9 Å². The topological polar surface area (TPSA) is 342 Å². The predicted molar refractivity (Wildman–Crippen MR) is 305 cm³/mol. The number of hydrogen-bond donors (Lipinski definition) is 8. The minimum absolute atomic E-state index is 0.127. The number of methoxy groups -OCH3 is 1. The molecule has 4 aromatic rings. The number of anilines is 2. The third kappa shape index (κ3) is 22.6. The lowest BCUT2D eigenvalue weighted by Crippen LogP contribution is -2.51. The first-order valence-corrected chi connectivity index (χ1v) is 26.9. The van der Waals surface area contributed by atoms with E-state index in [1.54, 1.807) is 49.9 Å². The molecule has 1 aliphatic rings. The Morgan fingerprint density at radius 1 is 0.901 bits per heavy atom. The average molecular weight is 1200 g/mol. The molecule has 1 fully saturated rings. The summed E-state index contributed by atoms with van der Waals surface area (Å²) in [6, 6.07) is 11.9. The molecule has 1 unspecified atom stereocenters.